The fourth-order valence-corrected chi connectivity index (χ4v) is 2.58. The Hall–Kier alpha value is -3.85. The Bertz CT molecular complexity index is 1140. The van der Waals surface area contributed by atoms with Gasteiger partial charge in [0.15, 0.2) is 11.6 Å². The van der Waals surface area contributed by atoms with Crippen LogP contribution in [0.4, 0.5) is 20.3 Å². The van der Waals surface area contributed by atoms with E-state index in [9.17, 15) is 18.4 Å². The van der Waals surface area contributed by atoms with Crippen molar-refractivity contribution in [2.75, 3.05) is 10.6 Å². The van der Waals surface area contributed by atoms with E-state index in [4.69, 9.17) is 22.7 Å². The molecule has 0 bridgehead atoms. The van der Waals surface area contributed by atoms with Gasteiger partial charge in [0.05, 0.1) is 16.3 Å². The molecule has 152 valence electrons. The fraction of sp³-hybridized carbons (Fsp3) is 0. The smallest absolute Gasteiger partial charge is 0.259 e. The third-order valence-electron chi connectivity index (χ3n) is 3.98. The highest BCUT2D eigenvalue weighted by Crippen LogP contribution is 2.22. The molecular formula is C20H14ClF2N5O2. The number of nitrogens with one attached hydrogen (secondary N) is 3. The normalized spacial score (nSPS) is 10.4. The summed E-state index contributed by atoms with van der Waals surface area (Å²) < 4.78 is 27.5. The van der Waals surface area contributed by atoms with E-state index < -0.39 is 23.4 Å². The maximum absolute atomic E-state index is 13.8. The number of hydrogen-bond acceptors (Lipinski definition) is 4. The molecule has 0 fully saturated rings. The number of halogens is 3. The van der Waals surface area contributed by atoms with Crippen LogP contribution in [0.2, 0.25) is 5.02 Å². The number of aromatic nitrogens is 1. The summed E-state index contributed by atoms with van der Waals surface area (Å²) in [6.45, 7) is 0. The van der Waals surface area contributed by atoms with Gasteiger partial charge >= 0.3 is 0 Å². The van der Waals surface area contributed by atoms with E-state index in [2.05, 4.69) is 15.6 Å². The van der Waals surface area contributed by atoms with E-state index >= 15 is 0 Å². The van der Waals surface area contributed by atoms with Crippen LogP contribution in [0.5, 0.6) is 0 Å². The zero-order valence-electron chi connectivity index (χ0n) is 15.2. The van der Waals surface area contributed by atoms with Gasteiger partial charge in [-0.1, -0.05) is 23.7 Å². The molecule has 30 heavy (non-hydrogen) atoms. The molecule has 0 atom stereocenters. The maximum atomic E-state index is 13.8. The second-order valence-electron chi connectivity index (χ2n) is 6.07. The van der Waals surface area contributed by atoms with Crippen LogP contribution in [0.15, 0.2) is 54.7 Å². The number of nitrogens with two attached hydrogens (primary N) is 1. The Morgan fingerprint density at radius 1 is 0.933 bits per heavy atom. The van der Waals surface area contributed by atoms with Crippen molar-refractivity contribution in [3.63, 3.8) is 0 Å². The first-order valence-electron chi connectivity index (χ1n) is 8.42. The number of carbonyl (C=O) groups is 2. The fourth-order valence-electron chi connectivity index (χ4n) is 2.47. The van der Waals surface area contributed by atoms with Gasteiger partial charge in [0.1, 0.15) is 11.7 Å². The molecule has 0 saturated carbocycles. The Labute approximate surface area is 174 Å². The number of benzene rings is 2. The van der Waals surface area contributed by atoms with Crippen LogP contribution >= 0.6 is 11.6 Å². The minimum Gasteiger partial charge on any atom is -0.384 e. The van der Waals surface area contributed by atoms with Gasteiger partial charge in [0.2, 0.25) is 0 Å². The summed E-state index contributed by atoms with van der Waals surface area (Å²) in [5.41, 5.74) is 5.40. The number of hydrogen-bond donors (Lipinski definition) is 4. The van der Waals surface area contributed by atoms with E-state index in [1.165, 1.54) is 42.6 Å². The second kappa shape index (κ2) is 8.66. The number of nitrogen functional groups attached to an aromatic ring is 1. The molecule has 2 amide bonds. The first-order valence-corrected chi connectivity index (χ1v) is 8.80. The number of amides is 2. The first-order chi connectivity index (χ1) is 14.2. The molecule has 5 N–H and O–H groups in total. The molecule has 3 rings (SSSR count). The van der Waals surface area contributed by atoms with Crippen molar-refractivity contribution in [3.8, 4) is 0 Å². The van der Waals surface area contributed by atoms with Crippen molar-refractivity contribution in [3.05, 3.63) is 88.1 Å². The van der Waals surface area contributed by atoms with Crippen molar-refractivity contribution in [2.24, 2.45) is 5.73 Å². The van der Waals surface area contributed by atoms with Crippen LogP contribution in [-0.2, 0) is 0 Å². The van der Waals surface area contributed by atoms with Crippen LogP contribution in [0.3, 0.4) is 0 Å². The second-order valence-corrected chi connectivity index (χ2v) is 6.51. The zero-order chi connectivity index (χ0) is 21.8. The lowest BCUT2D eigenvalue weighted by Crippen LogP contribution is -2.19. The SMILES string of the molecule is N=C(N)c1ccc(C(=O)Nc2cc(F)c(F)cc2C(=O)Nc2ccc(Cl)cn2)cc1. The van der Waals surface area contributed by atoms with Gasteiger partial charge < -0.3 is 16.4 Å². The summed E-state index contributed by atoms with van der Waals surface area (Å²) in [5, 5.41) is 12.5. The Morgan fingerprint density at radius 3 is 2.17 bits per heavy atom. The van der Waals surface area contributed by atoms with Gasteiger partial charge in [-0.05, 0) is 30.3 Å². The van der Waals surface area contributed by atoms with Crippen LogP contribution in [-0.4, -0.2) is 22.6 Å². The van der Waals surface area contributed by atoms with Crippen LogP contribution in [0.25, 0.3) is 0 Å². The van der Waals surface area contributed by atoms with Crippen molar-refractivity contribution in [1.82, 2.24) is 4.98 Å². The average Bonchev–Trinajstić information content (AvgIpc) is 2.72. The predicted octanol–water partition coefficient (Wildman–Crippen LogP) is 3.80. The van der Waals surface area contributed by atoms with Gasteiger partial charge in [-0.2, -0.15) is 0 Å². The van der Waals surface area contributed by atoms with E-state index in [0.717, 1.165) is 0 Å². The third-order valence-corrected chi connectivity index (χ3v) is 4.20. The molecule has 7 nitrogen and oxygen atoms in total. The molecular weight excluding hydrogens is 416 g/mol. The average molecular weight is 430 g/mol. The summed E-state index contributed by atoms with van der Waals surface area (Å²) in [6, 6.07) is 10.0. The van der Waals surface area contributed by atoms with Crippen molar-refractivity contribution in [2.45, 2.75) is 0 Å². The topological polar surface area (TPSA) is 121 Å². The summed E-state index contributed by atoms with van der Waals surface area (Å²) in [5.74, 6) is -4.02. The lowest BCUT2D eigenvalue weighted by Gasteiger charge is -2.12. The monoisotopic (exact) mass is 429 g/mol. The molecule has 3 aromatic rings. The summed E-state index contributed by atoms with van der Waals surface area (Å²) in [7, 11) is 0. The molecule has 1 heterocycles. The lowest BCUT2D eigenvalue weighted by molar-refractivity contribution is 0.102. The van der Waals surface area contributed by atoms with Crippen LogP contribution < -0.4 is 16.4 Å². The van der Waals surface area contributed by atoms with Gasteiger partial charge in [-0.25, -0.2) is 13.8 Å². The minimum absolute atomic E-state index is 0.131. The highest BCUT2D eigenvalue weighted by Gasteiger charge is 2.19. The number of carbonyl (C=O) groups excluding carboxylic acids is 2. The minimum atomic E-state index is -1.26. The maximum Gasteiger partial charge on any atom is 0.259 e. The molecule has 0 spiro atoms. The molecule has 0 radical (unpaired) electrons. The predicted molar refractivity (Wildman–Crippen MR) is 109 cm³/mol. The van der Waals surface area contributed by atoms with E-state index in [-0.39, 0.29) is 28.5 Å². The Morgan fingerprint density at radius 2 is 1.57 bits per heavy atom. The molecule has 1 aromatic heterocycles. The first kappa shape index (κ1) is 20.9. The molecule has 0 aliphatic heterocycles. The number of nitrogens with zero attached hydrogens (tertiary/aromatic N) is 1. The summed E-state index contributed by atoms with van der Waals surface area (Å²) in [6.07, 6.45) is 1.30. The highest BCUT2D eigenvalue weighted by atomic mass is 35.5. The standard InChI is InChI=1S/C20H14ClF2N5O2/c21-12-5-6-17(26-9-12)28-20(30)13-7-14(22)15(23)8-16(13)27-19(29)11-3-1-10(2-4-11)18(24)25/h1-9H,(H3,24,25)(H,27,29)(H,26,28,30). The lowest BCUT2D eigenvalue weighted by atomic mass is 10.1. The number of rotatable bonds is 5. The van der Waals surface area contributed by atoms with Gasteiger partial charge in [0, 0.05) is 23.4 Å². The molecule has 2 aromatic carbocycles. The molecule has 0 unspecified atom stereocenters. The quantitative estimate of drug-likeness (QED) is 0.364. The van der Waals surface area contributed by atoms with Crippen LogP contribution in [0, 0.1) is 17.0 Å². The molecule has 0 saturated heterocycles. The van der Waals surface area contributed by atoms with E-state index in [1.807, 2.05) is 0 Å². The highest BCUT2D eigenvalue weighted by molar-refractivity contribution is 6.30. The summed E-state index contributed by atoms with van der Waals surface area (Å²) >= 11 is 5.74. The largest absolute Gasteiger partial charge is 0.384 e. The van der Waals surface area contributed by atoms with Gasteiger partial charge in [0.25, 0.3) is 11.8 Å². The molecule has 10 heteroatoms. The van der Waals surface area contributed by atoms with Crippen molar-refractivity contribution >= 4 is 40.8 Å². The van der Waals surface area contributed by atoms with Crippen molar-refractivity contribution in [1.29, 1.82) is 5.41 Å². The Balaban J connectivity index is 1.87. The number of pyridine rings is 1. The van der Waals surface area contributed by atoms with E-state index in [0.29, 0.717) is 22.7 Å². The third kappa shape index (κ3) is 4.76. The summed E-state index contributed by atoms with van der Waals surface area (Å²) in [4.78, 5) is 28.9. The van der Waals surface area contributed by atoms with Gasteiger partial charge in [-0.15, -0.1) is 0 Å². The van der Waals surface area contributed by atoms with Crippen molar-refractivity contribution < 1.29 is 18.4 Å². The number of amidine groups is 1. The molecule has 0 aliphatic carbocycles. The van der Waals surface area contributed by atoms with Crippen LogP contribution in [0.1, 0.15) is 26.3 Å². The molecule has 0 aliphatic rings. The number of anilines is 2. The van der Waals surface area contributed by atoms with E-state index in [1.54, 1.807) is 0 Å². The van der Waals surface area contributed by atoms with Gasteiger partial charge in [-0.3, -0.25) is 15.0 Å². The Kier molecular flexibility index (Phi) is 6.03. The zero-order valence-corrected chi connectivity index (χ0v) is 15.9.